The van der Waals surface area contributed by atoms with Gasteiger partial charge < -0.3 is 9.80 Å². The lowest BCUT2D eigenvalue weighted by Crippen LogP contribution is -2.56. The van der Waals surface area contributed by atoms with Gasteiger partial charge in [-0.1, -0.05) is 12.1 Å². The zero-order valence-electron chi connectivity index (χ0n) is 17.8. The minimum atomic E-state index is -0.403. The van der Waals surface area contributed by atoms with Gasteiger partial charge in [-0.25, -0.2) is 8.78 Å². The second-order valence-electron chi connectivity index (χ2n) is 8.57. The molecular formula is C25H26F2N2O3. The highest BCUT2D eigenvalue weighted by molar-refractivity contribution is 5.97. The SMILES string of the molecule is O=C(CCC(=O)N1CC[C@@H]2[C@@H](CCC(=O)N2Cc2ccc(F)cc2)C1)c1ccc(F)cc1. The van der Waals surface area contributed by atoms with Gasteiger partial charge >= 0.3 is 0 Å². The number of carbonyl (C=O) groups is 3. The first-order valence-electron chi connectivity index (χ1n) is 11.0. The lowest BCUT2D eigenvalue weighted by atomic mass is 9.83. The number of benzene rings is 2. The molecule has 32 heavy (non-hydrogen) atoms. The largest absolute Gasteiger partial charge is 0.342 e. The molecule has 7 heteroatoms. The van der Waals surface area contributed by atoms with Gasteiger partial charge in [0, 0.05) is 50.5 Å². The summed E-state index contributed by atoms with van der Waals surface area (Å²) in [6.07, 6.45) is 2.07. The summed E-state index contributed by atoms with van der Waals surface area (Å²) in [5.41, 5.74) is 1.29. The van der Waals surface area contributed by atoms with Crippen LogP contribution in [0.3, 0.4) is 0 Å². The van der Waals surface area contributed by atoms with E-state index in [-0.39, 0.29) is 48.2 Å². The first kappa shape index (κ1) is 22.1. The number of piperidine rings is 2. The Kier molecular flexibility index (Phi) is 6.63. The van der Waals surface area contributed by atoms with Crippen molar-refractivity contribution in [2.24, 2.45) is 5.92 Å². The van der Waals surface area contributed by atoms with E-state index < -0.39 is 5.82 Å². The molecule has 2 amide bonds. The third-order valence-electron chi connectivity index (χ3n) is 6.49. The molecule has 4 rings (SSSR count). The molecule has 0 aromatic heterocycles. The van der Waals surface area contributed by atoms with Crippen LogP contribution in [-0.4, -0.2) is 46.5 Å². The number of hydrogen-bond donors (Lipinski definition) is 0. The molecule has 2 saturated heterocycles. The van der Waals surface area contributed by atoms with E-state index >= 15 is 0 Å². The smallest absolute Gasteiger partial charge is 0.223 e. The van der Waals surface area contributed by atoms with Crippen LogP contribution in [-0.2, 0) is 16.1 Å². The van der Waals surface area contributed by atoms with E-state index in [1.807, 2.05) is 4.90 Å². The number of amides is 2. The average molecular weight is 440 g/mol. The van der Waals surface area contributed by atoms with Gasteiger partial charge in [-0.3, -0.25) is 14.4 Å². The lowest BCUT2D eigenvalue weighted by Gasteiger charge is -2.47. The first-order chi connectivity index (χ1) is 15.4. The molecule has 0 bridgehead atoms. The molecule has 2 aliphatic heterocycles. The summed E-state index contributed by atoms with van der Waals surface area (Å²) in [4.78, 5) is 41.3. The number of halogens is 2. The Hall–Kier alpha value is -3.09. The topological polar surface area (TPSA) is 57.7 Å². The predicted octanol–water partition coefficient (Wildman–Crippen LogP) is 3.97. The second kappa shape index (κ2) is 9.59. The summed E-state index contributed by atoms with van der Waals surface area (Å²) in [5.74, 6) is -0.664. The van der Waals surface area contributed by atoms with Crippen LogP contribution in [0, 0.1) is 17.6 Å². The molecule has 2 fully saturated rings. The molecule has 2 aromatic rings. The van der Waals surface area contributed by atoms with Crippen molar-refractivity contribution in [2.75, 3.05) is 13.1 Å². The first-order valence-corrected chi connectivity index (χ1v) is 11.0. The molecule has 2 aromatic carbocycles. The highest BCUT2D eigenvalue weighted by Crippen LogP contribution is 2.32. The normalized spacial score (nSPS) is 20.8. The Balaban J connectivity index is 1.33. The Bertz CT molecular complexity index is 991. The summed E-state index contributed by atoms with van der Waals surface area (Å²) >= 11 is 0. The monoisotopic (exact) mass is 440 g/mol. The highest BCUT2D eigenvalue weighted by Gasteiger charge is 2.40. The molecule has 0 spiro atoms. The number of ketones is 1. The van der Waals surface area contributed by atoms with Crippen LogP contribution in [0.15, 0.2) is 48.5 Å². The standard InChI is InChI=1S/C25H26F2N2O3/c26-20-6-1-17(2-7-20)15-29-22-13-14-28(16-19(22)5-11-25(29)32)24(31)12-10-23(30)18-3-8-21(27)9-4-18/h1-4,6-9,19,22H,5,10-16H2/t19-,22+/m0/s1. The maximum absolute atomic E-state index is 13.2. The maximum atomic E-state index is 13.2. The Morgan fingerprint density at radius 1 is 0.906 bits per heavy atom. The molecule has 2 atom stereocenters. The van der Waals surface area contributed by atoms with Crippen LogP contribution in [0.25, 0.3) is 0 Å². The fourth-order valence-corrected chi connectivity index (χ4v) is 4.73. The summed E-state index contributed by atoms with van der Waals surface area (Å²) in [5, 5.41) is 0. The van der Waals surface area contributed by atoms with E-state index in [4.69, 9.17) is 0 Å². The highest BCUT2D eigenvalue weighted by atomic mass is 19.1. The number of likely N-dealkylation sites (tertiary alicyclic amines) is 2. The van der Waals surface area contributed by atoms with Crippen molar-refractivity contribution in [1.29, 1.82) is 0 Å². The summed E-state index contributed by atoms with van der Waals surface area (Å²) < 4.78 is 26.2. The molecular weight excluding hydrogens is 414 g/mol. The van der Waals surface area contributed by atoms with Gasteiger partial charge in [-0.2, -0.15) is 0 Å². The fraction of sp³-hybridized carbons (Fsp3) is 0.400. The van der Waals surface area contributed by atoms with Gasteiger partial charge in [0.05, 0.1) is 0 Å². The maximum Gasteiger partial charge on any atom is 0.223 e. The van der Waals surface area contributed by atoms with Crippen LogP contribution < -0.4 is 0 Å². The van der Waals surface area contributed by atoms with E-state index in [2.05, 4.69) is 0 Å². The third kappa shape index (κ3) is 5.03. The van der Waals surface area contributed by atoms with E-state index in [0.29, 0.717) is 38.0 Å². The van der Waals surface area contributed by atoms with Crippen LogP contribution in [0.4, 0.5) is 8.78 Å². The van der Waals surface area contributed by atoms with Crippen molar-refractivity contribution in [2.45, 2.75) is 44.7 Å². The van der Waals surface area contributed by atoms with Crippen LogP contribution >= 0.6 is 0 Å². The van der Waals surface area contributed by atoms with Gasteiger partial charge in [0.25, 0.3) is 0 Å². The summed E-state index contributed by atoms with van der Waals surface area (Å²) in [6, 6.07) is 11.6. The van der Waals surface area contributed by atoms with E-state index in [0.717, 1.165) is 12.0 Å². The van der Waals surface area contributed by atoms with Crippen molar-refractivity contribution < 1.29 is 23.2 Å². The van der Waals surface area contributed by atoms with Crippen molar-refractivity contribution in [1.82, 2.24) is 9.80 Å². The number of Topliss-reactive ketones (excluding diaryl/α,β-unsaturated/α-hetero) is 1. The number of fused-ring (bicyclic) bond motifs is 1. The molecule has 5 nitrogen and oxygen atoms in total. The zero-order chi connectivity index (χ0) is 22.7. The average Bonchev–Trinajstić information content (AvgIpc) is 2.80. The number of rotatable bonds is 6. The van der Waals surface area contributed by atoms with Crippen LogP contribution in [0.2, 0.25) is 0 Å². The molecule has 0 radical (unpaired) electrons. The summed E-state index contributed by atoms with van der Waals surface area (Å²) in [6.45, 7) is 1.56. The lowest BCUT2D eigenvalue weighted by molar-refractivity contribution is -0.145. The van der Waals surface area contributed by atoms with Gasteiger partial charge in [0.2, 0.25) is 11.8 Å². The van der Waals surface area contributed by atoms with Gasteiger partial charge in [0.15, 0.2) is 5.78 Å². The molecule has 2 aliphatic rings. The van der Waals surface area contributed by atoms with E-state index in [1.165, 1.54) is 36.4 Å². The van der Waals surface area contributed by atoms with Crippen molar-refractivity contribution >= 4 is 17.6 Å². The number of nitrogens with zero attached hydrogens (tertiary/aromatic N) is 2. The van der Waals surface area contributed by atoms with Gasteiger partial charge in [0.1, 0.15) is 11.6 Å². The van der Waals surface area contributed by atoms with Crippen molar-refractivity contribution in [3.05, 3.63) is 71.3 Å². The quantitative estimate of drug-likeness (QED) is 0.639. The zero-order valence-corrected chi connectivity index (χ0v) is 17.8. The van der Waals surface area contributed by atoms with E-state index in [9.17, 15) is 23.2 Å². The van der Waals surface area contributed by atoms with Crippen molar-refractivity contribution in [3.63, 3.8) is 0 Å². The van der Waals surface area contributed by atoms with Gasteiger partial charge in [-0.05, 0) is 60.7 Å². The predicted molar refractivity (Wildman–Crippen MR) is 115 cm³/mol. The second-order valence-corrected chi connectivity index (χ2v) is 8.57. The Labute approximate surface area is 186 Å². The molecule has 0 N–H and O–H groups in total. The molecule has 0 aliphatic carbocycles. The van der Waals surface area contributed by atoms with E-state index in [1.54, 1.807) is 17.0 Å². The van der Waals surface area contributed by atoms with Gasteiger partial charge in [-0.15, -0.1) is 0 Å². The summed E-state index contributed by atoms with van der Waals surface area (Å²) in [7, 11) is 0. The van der Waals surface area contributed by atoms with Crippen LogP contribution in [0.5, 0.6) is 0 Å². The molecule has 0 saturated carbocycles. The minimum Gasteiger partial charge on any atom is -0.342 e. The molecule has 2 heterocycles. The molecule has 0 unspecified atom stereocenters. The Morgan fingerprint density at radius 2 is 1.56 bits per heavy atom. The fourth-order valence-electron chi connectivity index (χ4n) is 4.73. The number of hydrogen-bond acceptors (Lipinski definition) is 3. The molecule has 168 valence electrons. The minimum absolute atomic E-state index is 0.0613. The Morgan fingerprint density at radius 3 is 2.25 bits per heavy atom. The number of carbonyl (C=O) groups excluding carboxylic acids is 3. The third-order valence-corrected chi connectivity index (χ3v) is 6.49. The van der Waals surface area contributed by atoms with Crippen molar-refractivity contribution in [3.8, 4) is 0 Å². The van der Waals surface area contributed by atoms with Crippen LogP contribution in [0.1, 0.15) is 48.0 Å².